The van der Waals surface area contributed by atoms with Gasteiger partial charge < -0.3 is 10.3 Å². The summed E-state index contributed by atoms with van der Waals surface area (Å²) >= 11 is 0. The van der Waals surface area contributed by atoms with Gasteiger partial charge in [0.1, 0.15) is 0 Å². The summed E-state index contributed by atoms with van der Waals surface area (Å²) in [7, 11) is 0. The van der Waals surface area contributed by atoms with Crippen molar-refractivity contribution in [1.82, 2.24) is 10.3 Å². The summed E-state index contributed by atoms with van der Waals surface area (Å²) in [4.78, 5) is 3.54. The zero-order valence-corrected chi connectivity index (χ0v) is 7.69. The monoisotopic (exact) mass is 174 g/mol. The first-order valence-corrected chi connectivity index (χ1v) is 5.02. The molecule has 0 radical (unpaired) electrons. The predicted octanol–water partition coefficient (Wildman–Crippen LogP) is 1.32. The lowest BCUT2D eigenvalue weighted by Crippen LogP contribution is -2.23. The van der Waals surface area contributed by atoms with Crippen molar-refractivity contribution in [2.45, 2.75) is 25.8 Å². The normalized spacial score (nSPS) is 19.7. The molecule has 0 amide bonds. The van der Waals surface area contributed by atoms with Crippen molar-refractivity contribution in [3.63, 3.8) is 0 Å². The Bertz CT molecular complexity index is 360. The molecule has 2 aliphatic rings. The van der Waals surface area contributed by atoms with Crippen LogP contribution in [0.15, 0.2) is 12.2 Å². The molecular formula is C11H14N2. The van der Waals surface area contributed by atoms with E-state index in [1.54, 1.807) is 11.1 Å². The highest BCUT2D eigenvalue weighted by Crippen LogP contribution is 2.25. The topological polar surface area (TPSA) is 27.8 Å². The highest BCUT2D eigenvalue weighted by molar-refractivity contribution is 5.42. The Balaban J connectivity index is 2.11. The summed E-state index contributed by atoms with van der Waals surface area (Å²) in [6.07, 6.45) is 7.99. The Morgan fingerprint density at radius 2 is 1.92 bits per heavy atom. The summed E-state index contributed by atoms with van der Waals surface area (Å²) in [6, 6.07) is 0. The molecule has 68 valence electrons. The van der Waals surface area contributed by atoms with Crippen LogP contribution in [0.2, 0.25) is 0 Å². The molecule has 13 heavy (non-hydrogen) atoms. The first-order valence-electron chi connectivity index (χ1n) is 5.02. The van der Waals surface area contributed by atoms with Crippen molar-refractivity contribution in [3.8, 4) is 0 Å². The Morgan fingerprint density at radius 1 is 1.00 bits per heavy atom. The van der Waals surface area contributed by atoms with Crippen molar-refractivity contribution in [2.24, 2.45) is 0 Å². The average molecular weight is 174 g/mol. The van der Waals surface area contributed by atoms with Gasteiger partial charge in [-0.05, 0) is 30.5 Å². The van der Waals surface area contributed by atoms with Crippen LogP contribution in [-0.4, -0.2) is 11.5 Å². The fraction of sp³-hybridized carbons (Fsp3) is 0.455. The van der Waals surface area contributed by atoms with Gasteiger partial charge in [-0.15, -0.1) is 0 Å². The number of rotatable bonds is 0. The number of hydrogen-bond acceptors (Lipinski definition) is 1. The molecule has 0 saturated carbocycles. The number of nitrogens with one attached hydrogen (secondary N) is 2. The Morgan fingerprint density at radius 3 is 2.92 bits per heavy atom. The number of fused-ring (bicyclic) bond motifs is 3. The first kappa shape index (κ1) is 7.39. The predicted molar refractivity (Wildman–Crippen MR) is 52.8 cm³/mol. The summed E-state index contributed by atoms with van der Waals surface area (Å²) in [5.74, 6) is 0. The number of aromatic amines is 1. The maximum Gasteiger partial charge on any atom is 0.0360 e. The van der Waals surface area contributed by atoms with Crippen LogP contribution in [0.3, 0.4) is 0 Å². The Hall–Kier alpha value is -1.02. The highest BCUT2D eigenvalue weighted by atomic mass is 14.9. The number of allylic oxidation sites excluding steroid dienone is 2. The van der Waals surface area contributed by atoms with Gasteiger partial charge in [-0.3, -0.25) is 0 Å². The van der Waals surface area contributed by atoms with Crippen LogP contribution in [0.1, 0.15) is 22.5 Å². The minimum Gasteiger partial charge on any atom is -0.360 e. The number of aromatic nitrogens is 1. The van der Waals surface area contributed by atoms with Gasteiger partial charge in [0.05, 0.1) is 0 Å². The molecule has 2 heterocycles. The molecule has 0 atom stereocenters. The van der Waals surface area contributed by atoms with Crippen LogP contribution in [0.5, 0.6) is 0 Å². The van der Waals surface area contributed by atoms with E-state index < -0.39 is 0 Å². The fourth-order valence-corrected chi connectivity index (χ4v) is 2.40. The molecule has 1 aliphatic heterocycles. The molecule has 1 aliphatic carbocycles. The van der Waals surface area contributed by atoms with Crippen molar-refractivity contribution >= 4 is 0 Å². The van der Waals surface area contributed by atoms with Crippen molar-refractivity contribution in [2.75, 3.05) is 6.54 Å². The largest absolute Gasteiger partial charge is 0.360 e. The number of hydrogen-bond donors (Lipinski definition) is 2. The molecule has 1 aromatic rings. The maximum atomic E-state index is 3.54. The molecule has 2 heteroatoms. The Kier molecular flexibility index (Phi) is 1.56. The molecule has 0 spiro atoms. The lowest BCUT2D eigenvalue weighted by atomic mass is 9.96. The quantitative estimate of drug-likeness (QED) is 0.570. The standard InChI is InChI=1S/C11H14N2/c1-2-4-10-8(3-1)9-5-6-12-7-11(9)13-10/h1-2,12-13H,3-7H2. The lowest BCUT2D eigenvalue weighted by molar-refractivity contribution is 0.633. The summed E-state index contributed by atoms with van der Waals surface area (Å²) < 4.78 is 0. The average Bonchev–Trinajstić information content (AvgIpc) is 2.56. The SMILES string of the molecule is C1=CCc2c([nH]c3c2CCNC3)C1. The van der Waals surface area contributed by atoms with Crippen LogP contribution in [-0.2, 0) is 25.8 Å². The third-order valence-corrected chi connectivity index (χ3v) is 3.06. The Labute approximate surface area is 78.0 Å². The van der Waals surface area contributed by atoms with Gasteiger partial charge in [-0.25, -0.2) is 0 Å². The van der Waals surface area contributed by atoms with Gasteiger partial charge in [0.15, 0.2) is 0 Å². The second-order valence-electron chi connectivity index (χ2n) is 3.85. The van der Waals surface area contributed by atoms with Gasteiger partial charge >= 0.3 is 0 Å². The van der Waals surface area contributed by atoms with Crippen molar-refractivity contribution in [3.05, 3.63) is 34.7 Å². The zero-order chi connectivity index (χ0) is 8.67. The van der Waals surface area contributed by atoms with Crippen molar-refractivity contribution < 1.29 is 0 Å². The van der Waals surface area contributed by atoms with E-state index in [0.29, 0.717) is 0 Å². The molecule has 0 fully saturated rings. The lowest BCUT2D eigenvalue weighted by Gasteiger charge is -2.14. The van der Waals surface area contributed by atoms with Crippen LogP contribution in [0.25, 0.3) is 0 Å². The third kappa shape index (κ3) is 1.05. The van der Waals surface area contributed by atoms with E-state index in [-0.39, 0.29) is 0 Å². The molecule has 0 saturated heterocycles. The third-order valence-electron chi connectivity index (χ3n) is 3.06. The highest BCUT2D eigenvalue weighted by Gasteiger charge is 2.19. The summed E-state index contributed by atoms with van der Waals surface area (Å²) in [5, 5.41) is 3.40. The fourth-order valence-electron chi connectivity index (χ4n) is 2.40. The molecule has 0 unspecified atom stereocenters. The van der Waals surface area contributed by atoms with E-state index in [0.717, 1.165) is 25.9 Å². The van der Waals surface area contributed by atoms with Crippen LogP contribution in [0.4, 0.5) is 0 Å². The molecule has 3 rings (SSSR count). The van der Waals surface area contributed by atoms with Gasteiger partial charge in [0.25, 0.3) is 0 Å². The minimum absolute atomic E-state index is 1.03. The summed E-state index contributed by atoms with van der Waals surface area (Å²) in [6.45, 7) is 2.17. The van der Waals surface area contributed by atoms with E-state index in [1.165, 1.54) is 17.8 Å². The molecular weight excluding hydrogens is 160 g/mol. The molecule has 2 N–H and O–H groups in total. The minimum atomic E-state index is 1.03. The first-order chi connectivity index (χ1) is 6.45. The van der Waals surface area contributed by atoms with E-state index >= 15 is 0 Å². The molecule has 2 nitrogen and oxygen atoms in total. The second-order valence-corrected chi connectivity index (χ2v) is 3.85. The second kappa shape index (κ2) is 2.74. The van der Waals surface area contributed by atoms with Gasteiger partial charge in [-0.1, -0.05) is 12.2 Å². The number of H-pyrrole nitrogens is 1. The van der Waals surface area contributed by atoms with Gasteiger partial charge in [0.2, 0.25) is 0 Å². The van der Waals surface area contributed by atoms with E-state index in [4.69, 9.17) is 0 Å². The van der Waals surface area contributed by atoms with Crippen LogP contribution < -0.4 is 5.32 Å². The summed E-state index contributed by atoms with van der Waals surface area (Å²) in [5.41, 5.74) is 6.06. The maximum absolute atomic E-state index is 3.54. The van der Waals surface area contributed by atoms with Crippen LogP contribution in [0, 0.1) is 0 Å². The van der Waals surface area contributed by atoms with Gasteiger partial charge in [0, 0.05) is 24.4 Å². The van der Waals surface area contributed by atoms with Crippen molar-refractivity contribution in [1.29, 1.82) is 0 Å². The van der Waals surface area contributed by atoms with E-state index in [2.05, 4.69) is 22.5 Å². The van der Waals surface area contributed by atoms with Crippen LogP contribution >= 0.6 is 0 Å². The van der Waals surface area contributed by atoms with E-state index in [9.17, 15) is 0 Å². The molecule has 0 bridgehead atoms. The van der Waals surface area contributed by atoms with E-state index in [1.807, 2.05) is 0 Å². The molecule has 0 aromatic carbocycles. The smallest absolute Gasteiger partial charge is 0.0360 e. The molecule has 1 aromatic heterocycles. The zero-order valence-electron chi connectivity index (χ0n) is 7.69. The van der Waals surface area contributed by atoms with Gasteiger partial charge in [-0.2, -0.15) is 0 Å².